The van der Waals surface area contributed by atoms with E-state index in [1.807, 2.05) is 0 Å². The van der Waals surface area contributed by atoms with E-state index in [0.717, 1.165) is 12.1 Å². The fourth-order valence-electron chi connectivity index (χ4n) is 1.59. The first-order valence-corrected chi connectivity index (χ1v) is 8.86. The number of hydrogen-bond donors (Lipinski definition) is 4. The molecule has 25 heavy (non-hydrogen) atoms. The van der Waals surface area contributed by atoms with E-state index in [1.165, 1.54) is 24.3 Å². The molecule has 0 bridgehead atoms. The molecule has 0 fully saturated rings. The molecule has 0 radical (unpaired) electrons. The summed E-state index contributed by atoms with van der Waals surface area (Å²) in [5.74, 6) is 0. The van der Waals surface area contributed by atoms with Gasteiger partial charge in [-0.15, -0.1) is 0 Å². The Kier molecular flexibility index (Phi) is 8.44. The Bertz CT molecular complexity index is 884. The number of nitrogens with two attached hydrogens (primary N) is 4. The summed E-state index contributed by atoms with van der Waals surface area (Å²) in [7, 11) is -8.96. The van der Waals surface area contributed by atoms with Crippen LogP contribution in [0, 0.1) is 0 Å². The van der Waals surface area contributed by atoms with Gasteiger partial charge in [0, 0.05) is 11.4 Å². The molecule has 0 aromatic heterocycles. The molecular weight excluding hydrogens is 400 g/mol. The fourth-order valence-corrected chi connectivity index (χ4v) is 2.75. The van der Waals surface area contributed by atoms with Crippen LogP contribution in [0.15, 0.2) is 46.2 Å². The van der Waals surface area contributed by atoms with E-state index in [1.54, 1.807) is 0 Å². The Labute approximate surface area is 174 Å². The van der Waals surface area contributed by atoms with Crippen molar-refractivity contribution in [1.82, 2.24) is 0 Å². The van der Waals surface area contributed by atoms with Gasteiger partial charge >= 0.3 is 37.7 Å². The maximum atomic E-state index is 10.5. The van der Waals surface area contributed by atoms with Gasteiger partial charge in [-0.2, -0.15) is 0 Å². The monoisotopic (exact) mass is 414 g/mol. The van der Waals surface area contributed by atoms with Crippen molar-refractivity contribution in [3.8, 4) is 0 Å². The summed E-state index contributed by atoms with van der Waals surface area (Å²) in [5, 5.41) is 0. The average molecular weight is 414 g/mol. The molecule has 8 N–H and O–H groups in total. The Morgan fingerprint density at radius 2 is 0.920 bits per heavy atom. The van der Waals surface area contributed by atoms with Crippen molar-refractivity contribution in [1.29, 1.82) is 0 Å². The Morgan fingerprint density at radius 3 is 1.12 bits per heavy atom. The van der Waals surface area contributed by atoms with Gasteiger partial charge in [0.2, 0.25) is 0 Å². The summed E-state index contributed by atoms with van der Waals surface area (Å²) in [6.07, 6.45) is 0. The van der Waals surface area contributed by atoms with Crippen molar-refractivity contribution in [3.05, 3.63) is 36.4 Å². The third-order valence-electron chi connectivity index (χ3n) is 2.61. The molecule has 0 aliphatic rings. The van der Waals surface area contributed by atoms with Crippen molar-refractivity contribution in [2.24, 2.45) is 0 Å². The SMILES string of the molecule is Nc1ccc(S(=O)(=O)[O-])c(N)c1.Nc1ccc(S(=O)(=O)[O-])c(N)c1.[Ca+2]. The van der Waals surface area contributed by atoms with Crippen LogP contribution in [0.25, 0.3) is 0 Å². The largest absolute Gasteiger partial charge is 2.00 e. The normalized spacial score (nSPS) is 11.0. The smallest absolute Gasteiger partial charge is 0.744 e. The molecule has 0 aliphatic heterocycles. The molecule has 10 nitrogen and oxygen atoms in total. The first-order chi connectivity index (χ1) is 10.8. The van der Waals surface area contributed by atoms with Crippen molar-refractivity contribution < 1.29 is 25.9 Å². The van der Waals surface area contributed by atoms with E-state index in [-0.39, 0.29) is 49.1 Å². The Hall–Kier alpha value is -1.28. The zero-order valence-corrected chi connectivity index (χ0v) is 16.6. The second-order valence-corrected chi connectivity index (χ2v) is 7.20. The number of benzene rings is 2. The van der Waals surface area contributed by atoms with Gasteiger partial charge < -0.3 is 32.0 Å². The summed E-state index contributed by atoms with van der Waals surface area (Å²) in [6, 6.07) is 7.25. The van der Waals surface area contributed by atoms with Crippen LogP contribution in [-0.4, -0.2) is 63.7 Å². The van der Waals surface area contributed by atoms with Gasteiger partial charge in [0.1, 0.15) is 20.2 Å². The first-order valence-electron chi connectivity index (χ1n) is 6.04. The quantitative estimate of drug-likeness (QED) is 0.270. The van der Waals surface area contributed by atoms with Crippen LogP contribution < -0.4 is 22.9 Å². The van der Waals surface area contributed by atoms with Crippen molar-refractivity contribution in [2.75, 3.05) is 22.9 Å². The molecular formula is C12H14CaN4O6S2. The molecule has 0 saturated carbocycles. The van der Waals surface area contributed by atoms with Crippen molar-refractivity contribution in [3.63, 3.8) is 0 Å². The van der Waals surface area contributed by atoms with Crippen molar-refractivity contribution >= 4 is 80.7 Å². The fraction of sp³-hybridized carbons (Fsp3) is 0. The van der Waals surface area contributed by atoms with Crippen LogP contribution in [0.1, 0.15) is 0 Å². The maximum Gasteiger partial charge on any atom is 2.00 e. The first kappa shape index (κ1) is 23.7. The Morgan fingerprint density at radius 1 is 0.640 bits per heavy atom. The van der Waals surface area contributed by atoms with Gasteiger partial charge in [-0.05, 0) is 36.4 Å². The molecule has 132 valence electrons. The number of anilines is 4. The molecule has 0 aliphatic carbocycles. The standard InChI is InChI=1S/2C6H8N2O3S.Ca/c2*7-4-1-2-6(5(8)3-4)12(9,10)11;/h2*1-3H,7-8H2,(H,9,10,11);/q;;+2/p-2. The molecule has 0 atom stereocenters. The van der Waals surface area contributed by atoms with E-state index < -0.39 is 30.0 Å². The third-order valence-corrected chi connectivity index (χ3v) is 4.43. The Balaban J connectivity index is 0.000000443. The third kappa shape index (κ3) is 7.23. The maximum absolute atomic E-state index is 10.5. The minimum Gasteiger partial charge on any atom is -0.744 e. The number of hydrogen-bond acceptors (Lipinski definition) is 10. The van der Waals surface area contributed by atoms with Crippen molar-refractivity contribution in [2.45, 2.75) is 9.79 Å². The van der Waals surface area contributed by atoms with Gasteiger partial charge in [0.25, 0.3) is 0 Å². The van der Waals surface area contributed by atoms with Gasteiger partial charge in [0.05, 0.1) is 21.2 Å². The molecule has 2 rings (SSSR count). The van der Waals surface area contributed by atoms with E-state index in [9.17, 15) is 25.9 Å². The van der Waals surface area contributed by atoms with E-state index >= 15 is 0 Å². The van der Waals surface area contributed by atoms with Gasteiger partial charge in [-0.3, -0.25) is 0 Å². The summed E-state index contributed by atoms with van der Waals surface area (Å²) >= 11 is 0. The van der Waals surface area contributed by atoms with Crippen LogP contribution >= 0.6 is 0 Å². The molecule has 0 saturated heterocycles. The summed E-state index contributed by atoms with van der Waals surface area (Å²) in [4.78, 5) is -0.867. The summed E-state index contributed by atoms with van der Waals surface area (Å²) < 4.78 is 62.9. The topological polar surface area (TPSA) is 218 Å². The molecule has 2 aromatic carbocycles. The van der Waals surface area contributed by atoms with E-state index in [0.29, 0.717) is 11.4 Å². The van der Waals surface area contributed by atoms with Crippen LogP contribution in [0.3, 0.4) is 0 Å². The van der Waals surface area contributed by atoms with Crippen LogP contribution in [0.2, 0.25) is 0 Å². The number of rotatable bonds is 2. The van der Waals surface area contributed by atoms with Gasteiger partial charge in [0.15, 0.2) is 0 Å². The predicted octanol–water partition coefficient (Wildman–Crippen LogP) is -0.871. The second-order valence-electron chi connectivity index (χ2n) is 4.50. The predicted molar refractivity (Wildman–Crippen MR) is 92.2 cm³/mol. The molecule has 2 aromatic rings. The molecule has 0 amide bonds. The van der Waals surface area contributed by atoms with E-state index in [4.69, 9.17) is 22.9 Å². The van der Waals surface area contributed by atoms with Crippen LogP contribution in [0.4, 0.5) is 22.7 Å². The molecule has 0 unspecified atom stereocenters. The van der Waals surface area contributed by atoms with Gasteiger partial charge in [-0.25, -0.2) is 16.8 Å². The van der Waals surface area contributed by atoms with Crippen LogP contribution in [-0.2, 0) is 20.2 Å². The van der Waals surface area contributed by atoms with E-state index in [2.05, 4.69) is 0 Å². The molecule has 0 spiro atoms. The summed E-state index contributed by atoms with van der Waals surface area (Å²) in [5.41, 5.74) is 21.5. The zero-order chi connectivity index (χ0) is 18.7. The zero-order valence-electron chi connectivity index (χ0n) is 12.7. The minimum atomic E-state index is -4.48. The summed E-state index contributed by atoms with van der Waals surface area (Å²) in [6.45, 7) is 0. The van der Waals surface area contributed by atoms with Gasteiger partial charge in [-0.1, -0.05) is 0 Å². The average Bonchev–Trinajstić information content (AvgIpc) is 2.35. The number of nitrogen functional groups attached to an aromatic ring is 4. The molecule has 13 heteroatoms. The second kappa shape index (κ2) is 8.89. The molecule has 0 heterocycles. The van der Waals surface area contributed by atoms with Crippen LogP contribution in [0.5, 0.6) is 0 Å². The minimum absolute atomic E-state index is 0.